The average Bonchev–Trinajstić information content (AvgIpc) is 3.09. The molecule has 7 nitrogen and oxygen atoms in total. The molecule has 0 aliphatic carbocycles. The van der Waals surface area contributed by atoms with Crippen molar-refractivity contribution in [2.45, 2.75) is 26.8 Å². The van der Waals surface area contributed by atoms with Gasteiger partial charge in [-0.3, -0.25) is 4.79 Å². The molecule has 1 N–H and O–H groups in total. The van der Waals surface area contributed by atoms with Gasteiger partial charge in [-0.1, -0.05) is 24.3 Å². The van der Waals surface area contributed by atoms with E-state index >= 15 is 0 Å². The van der Waals surface area contributed by atoms with Crippen LogP contribution in [0, 0.1) is 0 Å². The average molecular weight is 352 g/mol. The van der Waals surface area contributed by atoms with Gasteiger partial charge in [-0.15, -0.1) is 5.10 Å². The fourth-order valence-electron chi connectivity index (χ4n) is 2.57. The number of benzene rings is 2. The smallest absolute Gasteiger partial charge is 0.338 e. The van der Waals surface area contributed by atoms with Gasteiger partial charge in [0.1, 0.15) is 5.52 Å². The van der Waals surface area contributed by atoms with Crippen molar-refractivity contribution in [1.29, 1.82) is 0 Å². The number of hydrogen-bond donors (Lipinski definition) is 1. The molecule has 0 atom stereocenters. The molecular formula is C19H20N4O3. The number of nitrogens with zero attached hydrogens (tertiary/aromatic N) is 3. The number of carbonyl (C=O) groups is 2. The van der Waals surface area contributed by atoms with Gasteiger partial charge >= 0.3 is 5.97 Å². The summed E-state index contributed by atoms with van der Waals surface area (Å²) in [6, 6.07) is 12.6. The summed E-state index contributed by atoms with van der Waals surface area (Å²) in [5, 5.41) is 10.7. The van der Waals surface area contributed by atoms with E-state index < -0.39 is 5.97 Å². The number of carbonyl (C=O) groups excluding carboxylic acids is 2. The van der Waals surface area contributed by atoms with Crippen molar-refractivity contribution in [3.05, 3.63) is 53.6 Å². The Morgan fingerprint density at radius 2 is 1.88 bits per heavy atom. The first-order chi connectivity index (χ1) is 12.6. The maximum Gasteiger partial charge on any atom is 0.338 e. The number of nitrogens with one attached hydrogen (secondary N) is 1. The van der Waals surface area contributed by atoms with Crippen molar-refractivity contribution in [3.8, 4) is 0 Å². The molecular weight excluding hydrogens is 332 g/mol. The molecule has 134 valence electrons. The van der Waals surface area contributed by atoms with Crippen LogP contribution in [0.1, 0.15) is 29.8 Å². The lowest BCUT2D eigenvalue weighted by Gasteiger charge is -2.07. The van der Waals surface area contributed by atoms with E-state index in [1.807, 2.05) is 31.2 Å². The predicted molar refractivity (Wildman–Crippen MR) is 97.9 cm³/mol. The topological polar surface area (TPSA) is 86.1 Å². The van der Waals surface area contributed by atoms with E-state index in [1.54, 1.807) is 22.9 Å². The summed E-state index contributed by atoms with van der Waals surface area (Å²) in [6.07, 6.45) is 0.933. The maximum absolute atomic E-state index is 12.1. The number of anilines is 1. The molecule has 0 aliphatic heterocycles. The van der Waals surface area contributed by atoms with Crippen LogP contribution < -0.4 is 5.32 Å². The first-order valence-corrected chi connectivity index (χ1v) is 8.50. The molecule has 0 fully saturated rings. The van der Waals surface area contributed by atoms with Crippen LogP contribution in [0.4, 0.5) is 5.69 Å². The van der Waals surface area contributed by atoms with Crippen LogP contribution in [0.3, 0.4) is 0 Å². The largest absolute Gasteiger partial charge is 0.452 e. The van der Waals surface area contributed by atoms with Crippen molar-refractivity contribution in [2.24, 2.45) is 0 Å². The van der Waals surface area contributed by atoms with Crippen molar-refractivity contribution < 1.29 is 14.3 Å². The Morgan fingerprint density at radius 3 is 2.58 bits per heavy atom. The molecule has 7 heteroatoms. The summed E-state index contributed by atoms with van der Waals surface area (Å²) in [5.41, 5.74) is 3.64. The monoisotopic (exact) mass is 352 g/mol. The van der Waals surface area contributed by atoms with Crippen molar-refractivity contribution in [3.63, 3.8) is 0 Å². The lowest BCUT2D eigenvalue weighted by molar-refractivity contribution is -0.119. The second-order valence-electron chi connectivity index (χ2n) is 5.78. The summed E-state index contributed by atoms with van der Waals surface area (Å²) in [6.45, 7) is 4.37. The standard InChI is InChI=1S/C19H20N4O3/c1-3-13-5-8-15(9-6-13)20-18(24)12-26-19(25)14-7-10-17-16(11-14)21-22-23(17)4-2/h5-11H,3-4,12H2,1-2H3,(H,20,24). The van der Waals surface area contributed by atoms with Crippen LogP contribution in [-0.4, -0.2) is 33.5 Å². The fraction of sp³-hybridized carbons (Fsp3) is 0.263. The Bertz CT molecular complexity index is 932. The van der Waals surface area contributed by atoms with Gasteiger partial charge in [0.2, 0.25) is 0 Å². The first kappa shape index (κ1) is 17.6. The zero-order valence-corrected chi connectivity index (χ0v) is 14.7. The number of hydrogen-bond acceptors (Lipinski definition) is 5. The highest BCUT2D eigenvalue weighted by atomic mass is 16.5. The Balaban J connectivity index is 1.58. The van der Waals surface area contributed by atoms with E-state index in [9.17, 15) is 9.59 Å². The second-order valence-corrected chi connectivity index (χ2v) is 5.78. The molecule has 1 amide bonds. The van der Waals surface area contributed by atoms with Crippen molar-refractivity contribution >= 4 is 28.6 Å². The van der Waals surface area contributed by atoms with Crippen LogP contribution in [0.5, 0.6) is 0 Å². The van der Waals surface area contributed by atoms with Crippen molar-refractivity contribution in [2.75, 3.05) is 11.9 Å². The highest BCUT2D eigenvalue weighted by Gasteiger charge is 2.13. The molecule has 0 saturated carbocycles. The Hall–Kier alpha value is -3.22. The van der Waals surface area contributed by atoms with Gasteiger partial charge in [0.15, 0.2) is 6.61 Å². The number of amides is 1. The highest BCUT2D eigenvalue weighted by molar-refractivity contribution is 5.97. The van der Waals surface area contributed by atoms with Crippen LogP contribution in [0.2, 0.25) is 0 Å². The van der Waals surface area contributed by atoms with Crippen LogP contribution in [0.25, 0.3) is 11.0 Å². The van der Waals surface area contributed by atoms with Gasteiger partial charge in [-0.05, 0) is 49.2 Å². The van der Waals surface area contributed by atoms with Gasteiger partial charge in [-0.2, -0.15) is 0 Å². The van der Waals surface area contributed by atoms with E-state index in [2.05, 4.69) is 22.6 Å². The van der Waals surface area contributed by atoms with Crippen LogP contribution >= 0.6 is 0 Å². The molecule has 0 radical (unpaired) electrons. The predicted octanol–water partition coefficient (Wildman–Crippen LogP) is 2.81. The molecule has 3 rings (SSSR count). The van der Waals surface area contributed by atoms with E-state index in [1.165, 1.54) is 5.56 Å². The minimum absolute atomic E-state index is 0.334. The quantitative estimate of drug-likeness (QED) is 0.690. The number of esters is 1. The first-order valence-electron chi connectivity index (χ1n) is 8.50. The SMILES string of the molecule is CCc1ccc(NC(=O)COC(=O)c2ccc3c(c2)nnn3CC)cc1. The lowest BCUT2D eigenvalue weighted by atomic mass is 10.1. The third-order valence-corrected chi connectivity index (χ3v) is 4.03. The molecule has 1 aromatic heterocycles. The van der Waals surface area contributed by atoms with E-state index in [4.69, 9.17) is 4.74 Å². The molecule has 3 aromatic rings. The van der Waals surface area contributed by atoms with Gasteiger partial charge in [0.25, 0.3) is 5.91 Å². The Morgan fingerprint density at radius 1 is 1.12 bits per heavy atom. The van der Waals surface area contributed by atoms with Gasteiger partial charge in [0.05, 0.1) is 11.1 Å². The molecule has 0 bridgehead atoms. The summed E-state index contributed by atoms with van der Waals surface area (Å²) in [5.74, 6) is -0.963. The third kappa shape index (κ3) is 3.88. The van der Waals surface area contributed by atoms with Gasteiger partial charge < -0.3 is 10.1 Å². The molecule has 0 unspecified atom stereocenters. The minimum Gasteiger partial charge on any atom is -0.452 e. The third-order valence-electron chi connectivity index (χ3n) is 4.03. The summed E-state index contributed by atoms with van der Waals surface area (Å²) in [4.78, 5) is 24.1. The minimum atomic E-state index is -0.575. The molecule has 26 heavy (non-hydrogen) atoms. The summed E-state index contributed by atoms with van der Waals surface area (Å²) >= 11 is 0. The summed E-state index contributed by atoms with van der Waals surface area (Å²) in [7, 11) is 0. The molecule has 2 aromatic carbocycles. The number of fused-ring (bicyclic) bond motifs is 1. The van der Waals surface area contributed by atoms with Gasteiger partial charge in [0, 0.05) is 12.2 Å². The van der Waals surface area contributed by atoms with Crippen molar-refractivity contribution in [1.82, 2.24) is 15.0 Å². The normalized spacial score (nSPS) is 10.7. The molecule has 0 saturated heterocycles. The molecule has 1 heterocycles. The maximum atomic E-state index is 12.1. The van der Waals surface area contributed by atoms with Crippen LogP contribution in [-0.2, 0) is 22.5 Å². The Kier molecular flexibility index (Phi) is 5.26. The van der Waals surface area contributed by atoms with Gasteiger partial charge in [-0.25, -0.2) is 9.48 Å². The number of rotatable bonds is 6. The Labute approximate surface area is 151 Å². The zero-order valence-electron chi connectivity index (χ0n) is 14.7. The zero-order chi connectivity index (χ0) is 18.5. The number of aryl methyl sites for hydroxylation is 2. The van der Waals surface area contributed by atoms with E-state index in [-0.39, 0.29) is 12.5 Å². The highest BCUT2D eigenvalue weighted by Crippen LogP contribution is 2.14. The molecule has 0 aliphatic rings. The second kappa shape index (κ2) is 7.77. The molecule has 0 spiro atoms. The van der Waals surface area contributed by atoms with E-state index in [0.29, 0.717) is 23.3 Å². The number of aromatic nitrogens is 3. The lowest BCUT2D eigenvalue weighted by Crippen LogP contribution is -2.20. The van der Waals surface area contributed by atoms with E-state index in [0.717, 1.165) is 11.9 Å². The fourth-order valence-corrected chi connectivity index (χ4v) is 2.57. The van der Waals surface area contributed by atoms with Crippen LogP contribution in [0.15, 0.2) is 42.5 Å². The number of ether oxygens (including phenoxy) is 1. The summed E-state index contributed by atoms with van der Waals surface area (Å²) < 4.78 is 6.82.